The van der Waals surface area contributed by atoms with Crippen LogP contribution in [-0.4, -0.2) is 24.5 Å². The Bertz CT molecular complexity index is 543. The molecule has 0 amide bonds. The molecule has 0 aliphatic carbocycles. The normalized spacial score (nSPS) is 10.7. The molecule has 0 spiro atoms. The van der Waals surface area contributed by atoms with Gasteiger partial charge in [0, 0.05) is 12.4 Å². The predicted molar refractivity (Wildman–Crippen MR) is 66.9 cm³/mol. The molecule has 0 radical (unpaired) electrons. The molecule has 0 saturated heterocycles. The third-order valence-electron chi connectivity index (χ3n) is 2.83. The number of aromatic nitrogens is 5. The number of hydrogen-bond donors (Lipinski definition) is 0. The zero-order valence-corrected chi connectivity index (χ0v) is 9.85. The van der Waals surface area contributed by atoms with Crippen LogP contribution in [0.3, 0.4) is 0 Å². The molecule has 18 heavy (non-hydrogen) atoms. The quantitative estimate of drug-likeness (QED) is 0.694. The molecule has 0 aliphatic heterocycles. The van der Waals surface area contributed by atoms with Gasteiger partial charge < -0.3 is 4.57 Å². The summed E-state index contributed by atoms with van der Waals surface area (Å²) < 4.78 is 3.88. The number of rotatable bonds is 4. The van der Waals surface area contributed by atoms with E-state index in [-0.39, 0.29) is 0 Å². The average molecular weight is 239 g/mol. The molecule has 0 atom stereocenters. The summed E-state index contributed by atoms with van der Waals surface area (Å²) in [5.41, 5.74) is 2.52. The second kappa shape index (κ2) is 4.83. The monoisotopic (exact) mass is 239 g/mol. The lowest BCUT2D eigenvalue weighted by atomic mass is 10.1. The summed E-state index contributed by atoms with van der Waals surface area (Å²) in [6, 6.07) is 10.3. The van der Waals surface area contributed by atoms with E-state index in [9.17, 15) is 0 Å². The molecule has 2 heterocycles. The maximum atomic E-state index is 4.23. The van der Waals surface area contributed by atoms with E-state index >= 15 is 0 Å². The maximum absolute atomic E-state index is 4.23. The molecule has 3 rings (SSSR count). The van der Waals surface area contributed by atoms with Gasteiger partial charge in [0.2, 0.25) is 0 Å². The smallest absolute Gasteiger partial charge is 0.119 e. The SMILES string of the molecule is c1ccc(Cn2cccn2)c(Cn2cnnc2)c1. The Morgan fingerprint density at radius 2 is 1.61 bits per heavy atom. The van der Waals surface area contributed by atoms with E-state index in [1.807, 2.05) is 27.6 Å². The van der Waals surface area contributed by atoms with Crippen molar-refractivity contribution in [2.24, 2.45) is 0 Å². The van der Waals surface area contributed by atoms with Gasteiger partial charge in [-0.25, -0.2) is 0 Å². The van der Waals surface area contributed by atoms with E-state index in [0.717, 1.165) is 13.1 Å². The van der Waals surface area contributed by atoms with Crippen molar-refractivity contribution >= 4 is 0 Å². The largest absolute Gasteiger partial charge is 0.316 e. The van der Waals surface area contributed by atoms with Crippen LogP contribution in [0.5, 0.6) is 0 Å². The lowest BCUT2D eigenvalue weighted by Gasteiger charge is -2.09. The topological polar surface area (TPSA) is 48.5 Å². The summed E-state index contributed by atoms with van der Waals surface area (Å²) in [4.78, 5) is 0. The molecule has 90 valence electrons. The van der Waals surface area contributed by atoms with Gasteiger partial charge in [-0.3, -0.25) is 4.68 Å². The van der Waals surface area contributed by atoms with Crippen molar-refractivity contribution in [3.63, 3.8) is 0 Å². The Morgan fingerprint density at radius 1 is 0.889 bits per heavy atom. The second-order valence-corrected chi connectivity index (χ2v) is 4.11. The fourth-order valence-electron chi connectivity index (χ4n) is 1.93. The van der Waals surface area contributed by atoms with Crippen molar-refractivity contribution in [1.29, 1.82) is 0 Å². The standard InChI is InChI=1S/C13H13N5/c1-2-5-13(9-18-7-3-6-16-18)12(4-1)8-17-10-14-15-11-17/h1-7,10-11H,8-9H2. The number of benzene rings is 1. The Labute approximate surface area is 105 Å². The summed E-state index contributed by atoms with van der Waals surface area (Å²) in [6.07, 6.45) is 7.22. The van der Waals surface area contributed by atoms with E-state index < -0.39 is 0 Å². The molecule has 0 N–H and O–H groups in total. The summed E-state index contributed by atoms with van der Waals surface area (Å²) in [5, 5.41) is 11.9. The fourth-order valence-corrected chi connectivity index (χ4v) is 1.93. The Hall–Kier alpha value is -2.43. The van der Waals surface area contributed by atoms with Gasteiger partial charge in [0.1, 0.15) is 12.7 Å². The molecule has 5 nitrogen and oxygen atoms in total. The van der Waals surface area contributed by atoms with E-state index in [2.05, 4.69) is 33.5 Å². The van der Waals surface area contributed by atoms with Crippen molar-refractivity contribution in [3.8, 4) is 0 Å². The first-order chi connectivity index (χ1) is 8.92. The predicted octanol–water partition coefficient (Wildman–Crippen LogP) is 1.57. The molecule has 2 aromatic heterocycles. The minimum absolute atomic E-state index is 0.782. The molecule has 0 unspecified atom stereocenters. The second-order valence-electron chi connectivity index (χ2n) is 4.11. The van der Waals surface area contributed by atoms with Crippen LogP contribution in [0.2, 0.25) is 0 Å². The van der Waals surface area contributed by atoms with Gasteiger partial charge in [-0.05, 0) is 17.2 Å². The van der Waals surface area contributed by atoms with Crippen molar-refractivity contribution in [2.75, 3.05) is 0 Å². The molecule has 0 aliphatic rings. The summed E-state index contributed by atoms with van der Waals surface area (Å²) in [7, 11) is 0. The fraction of sp³-hybridized carbons (Fsp3) is 0.154. The van der Waals surface area contributed by atoms with Crippen molar-refractivity contribution in [1.82, 2.24) is 24.5 Å². The van der Waals surface area contributed by atoms with Crippen LogP contribution in [0.4, 0.5) is 0 Å². The van der Waals surface area contributed by atoms with Gasteiger partial charge in [-0.15, -0.1) is 10.2 Å². The lowest BCUT2D eigenvalue weighted by Crippen LogP contribution is -2.06. The summed E-state index contributed by atoms with van der Waals surface area (Å²) >= 11 is 0. The van der Waals surface area contributed by atoms with Crippen LogP contribution in [0.1, 0.15) is 11.1 Å². The van der Waals surface area contributed by atoms with Crippen LogP contribution in [0.15, 0.2) is 55.4 Å². The van der Waals surface area contributed by atoms with Gasteiger partial charge in [0.15, 0.2) is 0 Å². The van der Waals surface area contributed by atoms with E-state index in [1.54, 1.807) is 18.9 Å². The Balaban J connectivity index is 1.85. The Morgan fingerprint density at radius 3 is 2.28 bits per heavy atom. The van der Waals surface area contributed by atoms with Crippen LogP contribution < -0.4 is 0 Å². The third-order valence-corrected chi connectivity index (χ3v) is 2.83. The molecule has 5 heteroatoms. The van der Waals surface area contributed by atoms with Crippen LogP contribution in [-0.2, 0) is 13.1 Å². The van der Waals surface area contributed by atoms with Gasteiger partial charge in [-0.2, -0.15) is 5.10 Å². The molecule has 0 bridgehead atoms. The maximum Gasteiger partial charge on any atom is 0.119 e. The molecule has 3 aromatic rings. The molecular formula is C13H13N5. The van der Waals surface area contributed by atoms with E-state index in [0.29, 0.717) is 0 Å². The minimum atomic E-state index is 0.782. The summed E-state index contributed by atoms with van der Waals surface area (Å²) in [5.74, 6) is 0. The molecule has 0 fully saturated rings. The highest BCUT2D eigenvalue weighted by atomic mass is 15.3. The van der Waals surface area contributed by atoms with Gasteiger partial charge in [0.25, 0.3) is 0 Å². The zero-order chi connectivity index (χ0) is 12.2. The van der Waals surface area contributed by atoms with Crippen LogP contribution in [0, 0.1) is 0 Å². The lowest BCUT2D eigenvalue weighted by molar-refractivity contribution is 0.673. The van der Waals surface area contributed by atoms with Gasteiger partial charge in [0.05, 0.1) is 13.1 Å². The van der Waals surface area contributed by atoms with Gasteiger partial charge >= 0.3 is 0 Å². The van der Waals surface area contributed by atoms with Crippen LogP contribution in [0.25, 0.3) is 0 Å². The zero-order valence-electron chi connectivity index (χ0n) is 9.85. The third kappa shape index (κ3) is 2.29. The van der Waals surface area contributed by atoms with E-state index in [4.69, 9.17) is 0 Å². The summed E-state index contributed by atoms with van der Waals surface area (Å²) in [6.45, 7) is 1.57. The van der Waals surface area contributed by atoms with Crippen molar-refractivity contribution in [3.05, 3.63) is 66.5 Å². The van der Waals surface area contributed by atoms with E-state index in [1.165, 1.54) is 11.1 Å². The Kier molecular flexibility index (Phi) is 2.87. The molecule has 0 saturated carbocycles. The first-order valence-corrected chi connectivity index (χ1v) is 5.78. The molecule has 1 aromatic carbocycles. The van der Waals surface area contributed by atoms with Crippen molar-refractivity contribution in [2.45, 2.75) is 13.1 Å². The van der Waals surface area contributed by atoms with Gasteiger partial charge in [-0.1, -0.05) is 24.3 Å². The first-order valence-electron chi connectivity index (χ1n) is 5.78. The molecular weight excluding hydrogens is 226 g/mol. The first kappa shape index (κ1) is 10.7. The number of hydrogen-bond acceptors (Lipinski definition) is 3. The average Bonchev–Trinajstić information content (AvgIpc) is 3.05. The highest BCUT2D eigenvalue weighted by Gasteiger charge is 2.03. The highest BCUT2D eigenvalue weighted by Crippen LogP contribution is 2.11. The minimum Gasteiger partial charge on any atom is -0.316 e. The van der Waals surface area contributed by atoms with Crippen LogP contribution >= 0.6 is 0 Å². The number of nitrogens with zero attached hydrogens (tertiary/aromatic N) is 5. The highest BCUT2D eigenvalue weighted by molar-refractivity contribution is 5.27. The van der Waals surface area contributed by atoms with Crippen molar-refractivity contribution < 1.29 is 0 Å².